The molecule has 1 saturated heterocycles. The molecule has 0 aliphatic carbocycles. The van der Waals surface area contributed by atoms with E-state index in [9.17, 15) is 0 Å². The Balaban J connectivity index is 2.27. The first-order chi connectivity index (χ1) is 6.24. The summed E-state index contributed by atoms with van der Waals surface area (Å²) in [5.74, 6) is 3.76. The van der Waals surface area contributed by atoms with Crippen molar-refractivity contribution in [2.24, 2.45) is 5.92 Å². The zero-order valence-electron chi connectivity index (χ0n) is 9.25. The van der Waals surface area contributed by atoms with Gasteiger partial charge in [0.15, 0.2) is 0 Å². The molecular formula is C11H23NS. The van der Waals surface area contributed by atoms with E-state index in [0.29, 0.717) is 0 Å². The molecule has 1 heterocycles. The fraction of sp³-hybridized carbons (Fsp3) is 1.00. The summed E-state index contributed by atoms with van der Waals surface area (Å²) in [7, 11) is 0. The van der Waals surface area contributed by atoms with Gasteiger partial charge in [0.05, 0.1) is 0 Å². The van der Waals surface area contributed by atoms with Crippen LogP contribution in [0.25, 0.3) is 0 Å². The molecule has 0 spiro atoms. The largest absolute Gasteiger partial charge is 0.301 e. The third-order valence-corrected chi connectivity index (χ3v) is 3.99. The van der Waals surface area contributed by atoms with Crippen LogP contribution in [0.4, 0.5) is 0 Å². The van der Waals surface area contributed by atoms with Crippen LogP contribution in [0, 0.1) is 5.92 Å². The van der Waals surface area contributed by atoms with Gasteiger partial charge in [-0.05, 0) is 50.7 Å². The van der Waals surface area contributed by atoms with Crippen molar-refractivity contribution in [2.75, 3.05) is 24.6 Å². The number of nitrogens with zero attached hydrogens (tertiary/aromatic N) is 1. The highest BCUT2D eigenvalue weighted by atomic mass is 32.2. The van der Waals surface area contributed by atoms with Crippen molar-refractivity contribution in [1.82, 2.24) is 4.90 Å². The van der Waals surface area contributed by atoms with Gasteiger partial charge in [0, 0.05) is 12.6 Å². The van der Waals surface area contributed by atoms with Crippen LogP contribution in [0.5, 0.6) is 0 Å². The maximum Gasteiger partial charge on any atom is 0.00387 e. The molecule has 1 fully saturated rings. The lowest BCUT2D eigenvalue weighted by atomic mass is 10.1. The van der Waals surface area contributed by atoms with Gasteiger partial charge in [-0.3, -0.25) is 0 Å². The fourth-order valence-corrected chi connectivity index (χ4v) is 3.18. The molecule has 1 atom stereocenters. The first kappa shape index (κ1) is 11.4. The van der Waals surface area contributed by atoms with Gasteiger partial charge in [0.25, 0.3) is 0 Å². The second kappa shape index (κ2) is 5.92. The molecule has 78 valence electrons. The van der Waals surface area contributed by atoms with E-state index in [1.807, 2.05) is 0 Å². The second-order valence-electron chi connectivity index (χ2n) is 4.32. The number of hydrogen-bond donors (Lipinski definition) is 0. The van der Waals surface area contributed by atoms with Crippen LogP contribution in [0.1, 0.15) is 33.6 Å². The molecule has 0 amide bonds. The van der Waals surface area contributed by atoms with Crippen molar-refractivity contribution in [2.45, 2.75) is 39.7 Å². The normalized spacial score (nSPS) is 23.3. The van der Waals surface area contributed by atoms with Gasteiger partial charge in [-0.2, -0.15) is 11.8 Å². The molecular weight excluding hydrogens is 178 g/mol. The summed E-state index contributed by atoms with van der Waals surface area (Å²) < 4.78 is 0. The van der Waals surface area contributed by atoms with E-state index >= 15 is 0 Å². The molecule has 13 heavy (non-hydrogen) atoms. The van der Waals surface area contributed by atoms with Crippen molar-refractivity contribution in [1.29, 1.82) is 0 Å². The van der Waals surface area contributed by atoms with Crippen LogP contribution >= 0.6 is 11.8 Å². The van der Waals surface area contributed by atoms with Crippen molar-refractivity contribution in [3.8, 4) is 0 Å². The molecule has 0 N–H and O–H groups in total. The first-order valence-corrected chi connectivity index (χ1v) is 6.71. The summed E-state index contributed by atoms with van der Waals surface area (Å²) in [5.41, 5.74) is 0. The molecule has 2 heteroatoms. The SMILES string of the molecule is CCCN(CC1CCSC1)C(C)C. The topological polar surface area (TPSA) is 3.24 Å². The smallest absolute Gasteiger partial charge is 0.00387 e. The van der Waals surface area contributed by atoms with Crippen LogP contribution in [0.15, 0.2) is 0 Å². The van der Waals surface area contributed by atoms with Crippen LogP contribution in [0.3, 0.4) is 0 Å². The highest BCUT2D eigenvalue weighted by molar-refractivity contribution is 7.99. The fourth-order valence-electron chi connectivity index (χ4n) is 1.91. The van der Waals surface area contributed by atoms with Crippen LogP contribution in [-0.4, -0.2) is 35.5 Å². The van der Waals surface area contributed by atoms with E-state index in [-0.39, 0.29) is 0 Å². The summed E-state index contributed by atoms with van der Waals surface area (Å²) in [6.45, 7) is 9.52. The summed E-state index contributed by atoms with van der Waals surface area (Å²) in [6, 6.07) is 0.727. The summed E-state index contributed by atoms with van der Waals surface area (Å²) in [6.07, 6.45) is 2.73. The summed E-state index contributed by atoms with van der Waals surface area (Å²) in [4.78, 5) is 2.64. The monoisotopic (exact) mass is 201 g/mol. The summed E-state index contributed by atoms with van der Waals surface area (Å²) >= 11 is 2.13. The first-order valence-electron chi connectivity index (χ1n) is 5.55. The minimum absolute atomic E-state index is 0.727. The maximum atomic E-state index is 2.64. The molecule has 0 radical (unpaired) electrons. The van der Waals surface area contributed by atoms with Crippen molar-refractivity contribution in [3.63, 3.8) is 0 Å². The molecule has 1 aliphatic rings. The lowest BCUT2D eigenvalue weighted by molar-refractivity contribution is 0.194. The molecule has 1 nitrogen and oxygen atoms in total. The standard InChI is InChI=1S/C11H23NS/c1-4-6-12(10(2)3)8-11-5-7-13-9-11/h10-11H,4-9H2,1-3H3. The maximum absolute atomic E-state index is 2.64. The zero-order valence-corrected chi connectivity index (χ0v) is 10.1. The van der Waals surface area contributed by atoms with Gasteiger partial charge in [0.1, 0.15) is 0 Å². The van der Waals surface area contributed by atoms with Gasteiger partial charge in [-0.1, -0.05) is 6.92 Å². The Kier molecular flexibility index (Phi) is 5.18. The molecule has 1 rings (SSSR count). The predicted molar refractivity (Wildman–Crippen MR) is 62.4 cm³/mol. The van der Waals surface area contributed by atoms with Gasteiger partial charge in [-0.15, -0.1) is 0 Å². The third kappa shape index (κ3) is 3.90. The van der Waals surface area contributed by atoms with Crippen LogP contribution in [-0.2, 0) is 0 Å². The molecule has 0 aromatic rings. The summed E-state index contributed by atoms with van der Waals surface area (Å²) in [5, 5.41) is 0. The van der Waals surface area contributed by atoms with Crippen molar-refractivity contribution < 1.29 is 0 Å². The van der Waals surface area contributed by atoms with Gasteiger partial charge in [-0.25, -0.2) is 0 Å². The highest BCUT2D eigenvalue weighted by Gasteiger charge is 2.19. The van der Waals surface area contributed by atoms with Gasteiger partial charge >= 0.3 is 0 Å². The Labute approximate surface area is 87.3 Å². The van der Waals surface area contributed by atoms with E-state index in [1.54, 1.807) is 0 Å². The lowest BCUT2D eigenvalue weighted by Crippen LogP contribution is -2.36. The molecule has 0 saturated carbocycles. The van der Waals surface area contributed by atoms with E-state index in [0.717, 1.165) is 12.0 Å². The Bertz CT molecular complexity index is 130. The molecule has 0 aromatic heterocycles. The molecule has 1 unspecified atom stereocenters. The Morgan fingerprint density at radius 3 is 2.69 bits per heavy atom. The van der Waals surface area contributed by atoms with E-state index < -0.39 is 0 Å². The highest BCUT2D eigenvalue weighted by Crippen LogP contribution is 2.24. The molecule has 0 aromatic carbocycles. The molecule has 1 aliphatic heterocycles. The van der Waals surface area contributed by atoms with E-state index in [2.05, 4.69) is 37.4 Å². The molecule has 0 bridgehead atoms. The van der Waals surface area contributed by atoms with Crippen LogP contribution < -0.4 is 0 Å². The van der Waals surface area contributed by atoms with E-state index in [4.69, 9.17) is 0 Å². The lowest BCUT2D eigenvalue weighted by Gasteiger charge is -2.28. The van der Waals surface area contributed by atoms with Gasteiger partial charge < -0.3 is 4.90 Å². The Morgan fingerprint density at radius 1 is 1.46 bits per heavy atom. The van der Waals surface area contributed by atoms with Crippen LogP contribution in [0.2, 0.25) is 0 Å². The zero-order chi connectivity index (χ0) is 9.68. The average Bonchev–Trinajstić information content (AvgIpc) is 2.56. The van der Waals surface area contributed by atoms with Gasteiger partial charge in [0.2, 0.25) is 0 Å². The van der Waals surface area contributed by atoms with Crippen molar-refractivity contribution in [3.05, 3.63) is 0 Å². The Morgan fingerprint density at radius 2 is 2.23 bits per heavy atom. The Hall–Kier alpha value is 0.310. The number of thioether (sulfide) groups is 1. The average molecular weight is 201 g/mol. The van der Waals surface area contributed by atoms with E-state index in [1.165, 1.54) is 37.4 Å². The third-order valence-electron chi connectivity index (χ3n) is 2.76. The van der Waals surface area contributed by atoms with Crippen molar-refractivity contribution >= 4 is 11.8 Å². The minimum Gasteiger partial charge on any atom is -0.301 e. The quantitative estimate of drug-likeness (QED) is 0.673. The minimum atomic E-state index is 0.727. The second-order valence-corrected chi connectivity index (χ2v) is 5.47. The number of rotatable bonds is 5. The predicted octanol–water partition coefficient (Wildman–Crippen LogP) is 2.86. The number of hydrogen-bond acceptors (Lipinski definition) is 2.